The van der Waals surface area contributed by atoms with Gasteiger partial charge in [-0.25, -0.2) is 0 Å². The maximum atomic E-state index is 4.61. The Balaban J connectivity index is 1.75. The molecule has 0 spiro atoms. The summed E-state index contributed by atoms with van der Waals surface area (Å²) in [6.45, 7) is 5.56. The molecule has 0 amide bonds. The number of nitrogens with zero attached hydrogens (tertiary/aromatic N) is 2. The number of nitrogens with one attached hydrogen (secondary N) is 2. The lowest BCUT2D eigenvalue weighted by Crippen LogP contribution is -2.39. The Hall–Kier alpha value is -1.27. The van der Waals surface area contributed by atoms with Gasteiger partial charge in [-0.15, -0.1) is 11.3 Å². The molecule has 6 heteroatoms. The number of guanidine groups is 1. The fourth-order valence-corrected chi connectivity index (χ4v) is 3.40. The Morgan fingerprint density at radius 1 is 1.29 bits per heavy atom. The Bertz CT molecular complexity index is 548. The van der Waals surface area contributed by atoms with Crippen LogP contribution in [0.3, 0.4) is 0 Å². The second-order valence-electron chi connectivity index (χ2n) is 4.56. The van der Waals surface area contributed by atoms with E-state index in [1.807, 2.05) is 12.1 Å². The van der Waals surface area contributed by atoms with Gasteiger partial charge >= 0.3 is 0 Å². The molecule has 2 aromatic heterocycles. The molecule has 0 bridgehead atoms. The van der Waals surface area contributed by atoms with Gasteiger partial charge < -0.3 is 15.2 Å². The number of hydrogen-bond donors (Lipinski definition) is 2. The van der Waals surface area contributed by atoms with Crippen LogP contribution in [0, 0.1) is 0 Å². The summed E-state index contributed by atoms with van der Waals surface area (Å²) in [7, 11) is 0. The van der Waals surface area contributed by atoms with Gasteiger partial charge in [0.25, 0.3) is 0 Å². The van der Waals surface area contributed by atoms with Crippen LogP contribution in [0.2, 0.25) is 0 Å². The molecule has 0 saturated carbocycles. The van der Waals surface area contributed by atoms with E-state index >= 15 is 0 Å². The quantitative estimate of drug-likeness (QED) is 0.582. The minimum Gasteiger partial charge on any atom is -0.357 e. The number of aliphatic imine (C=N–C) groups is 1. The highest BCUT2D eigenvalue weighted by Gasteiger charge is 1.99. The van der Waals surface area contributed by atoms with Gasteiger partial charge in [-0.05, 0) is 47.1 Å². The van der Waals surface area contributed by atoms with Gasteiger partial charge in [-0.3, -0.25) is 4.99 Å². The average Bonchev–Trinajstić information content (AvgIpc) is 3.11. The van der Waals surface area contributed by atoms with E-state index in [1.54, 1.807) is 11.3 Å². The lowest BCUT2D eigenvalue weighted by Gasteiger charge is -2.11. The number of thiophene rings is 1. The minimum atomic E-state index is 0.797. The van der Waals surface area contributed by atoms with Crippen LogP contribution < -0.4 is 10.6 Å². The monoisotopic (exact) mass is 368 g/mol. The summed E-state index contributed by atoms with van der Waals surface area (Å²) in [5.41, 5.74) is 0. The standard InChI is InChI=1S/C15H21BrN4S/c1-2-17-15(19-9-12-20-10-3-4-11-20)18-8-7-13-5-6-14(16)21-13/h3-6,10-11H,2,7-9,12H2,1H3,(H2,17,18,19). The van der Waals surface area contributed by atoms with Crippen molar-refractivity contribution in [1.29, 1.82) is 0 Å². The molecule has 0 saturated heterocycles. The number of rotatable bonds is 7. The van der Waals surface area contributed by atoms with Gasteiger partial charge in [-0.2, -0.15) is 0 Å². The van der Waals surface area contributed by atoms with Gasteiger partial charge in [0.2, 0.25) is 0 Å². The molecule has 2 rings (SSSR count). The normalized spacial score (nSPS) is 11.6. The van der Waals surface area contributed by atoms with Crippen molar-refractivity contribution in [2.75, 3.05) is 19.6 Å². The maximum absolute atomic E-state index is 4.61. The van der Waals surface area contributed by atoms with E-state index in [0.29, 0.717) is 0 Å². The van der Waals surface area contributed by atoms with Crippen LogP contribution in [0.5, 0.6) is 0 Å². The van der Waals surface area contributed by atoms with Crippen molar-refractivity contribution in [3.8, 4) is 0 Å². The van der Waals surface area contributed by atoms with Crippen molar-refractivity contribution in [3.05, 3.63) is 45.3 Å². The molecule has 0 fully saturated rings. The summed E-state index contributed by atoms with van der Waals surface area (Å²) >= 11 is 5.26. The molecule has 21 heavy (non-hydrogen) atoms. The lowest BCUT2D eigenvalue weighted by atomic mass is 10.3. The van der Waals surface area contributed by atoms with E-state index in [9.17, 15) is 0 Å². The minimum absolute atomic E-state index is 0.797. The Morgan fingerprint density at radius 2 is 2.10 bits per heavy atom. The van der Waals surface area contributed by atoms with Gasteiger partial charge in [0.05, 0.1) is 3.79 Å². The van der Waals surface area contributed by atoms with Gasteiger partial charge in [0.15, 0.2) is 5.96 Å². The predicted molar refractivity (Wildman–Crippen MR) is 94.1 cm³/mol. The van der Waals surface area contributed by atoms with E-state index in [-0.39, 0.29) is 0 Å². The Morgan fingerprint density at radius 3 is 2.76 bits per heavy atom. The predicted octanol–water partition coefficient (Wildman–Crippen LogP) is 3.11. The molecule has 114 valence electrons. The van der Waals surface area contributed by atoms with E-state index < -0.39 is 0 Å². The molecule has 0 atom stereocenters. The van der Waals surface area contributed by atoms with Crippen LogP contribution in [0.25, 0.3) is 0 Å². The summed E-state index contributed by atoms with van der Waals surface area (Å²) in [6, 6.07) is 8.32. The van der Waals surface area contributed by atoms with Crippen molar-refractivity contribution < 1.29 is 0 Å². The molecule has 0 aliphatic rings. The average molecular weight is 369 g/mol. The van der Waals surface area contributed by atoms with Gasteiger partial charge in [0.1, 0.15) is 0 Å². The van der Waals surface area contributed by atoms with Crippen LogP contribution in [-0.4, -0.2) is 30.2 Å². The first kappa shape index (κ1) is 16.1. The summed E-state index contributed by atoms with van der Waals surface area (Å²) in [5, 5.41) is 6.64. The zero-order chi connectivity index (χ0) is 14.9. The fraction of sp³-hybridized carbons (Fsp3) is 0.400. The first-order chi connectivity index (χ1) is 10.3. The zero-order valence-electron chi connectivity index (χ0n) is 12.2. The van der Waals surface area contributed by atoms with Crippen LogP contribution in [-0.2, 0) is 13.0 Å². The van der Waals surface area contributed by atoms with Crippen LogP contribution >= 0.6 is 27.3 Å². The third-order valence-electron chi connectivity index (χ3n) is 2.93. The molecular formula is C15H21BrN4S. The van der Waals surface area contributed by atoms with Crippen molar-refractivity contribution >= 4 is 33.2 Å². The SMILES string of the molecule is CCNC(=NCCc1ccc(Br)s1)NCCn1cccc1. The second kappa shape index (κ2) is 8.89. The van der Waals surface area contributed by atoms with Crippen molar-refractivity contribution in [3.63, 3.8) is 0 Å². The largest absolute Gasteiger partial charge is 0.357 e. The summed E-state index contributed by atoms with van der Waals surface area (Å²) in [4.78, 5) is 5.97. The second-order valence-corrected chi connectivity index (χ2v) is 7.11. The van der Waals surface area contributed by atoms with Gasteiger partial charge in [-0.1, -0.05) is 0 Å². The summed E-state index contributed by atoms with van der Waals surface area (Å²) in [5.74, 6) is 0.889. The number of hydrogen-bond acceptors (Lipinski definition) is 2. The Kier molecular flexibility index (Phi) is 6.82. The van der Waals surface area contributed by atoms with Crippen molar-refractivity contribution in [2.24, 2.45) is 4.99 Å². The molecule has 0 aliphatic carbocycles. The molecular weight excluding hydrogens is 348 g/mol. The van der Waals surface area contributed by atoms with Crippen molar-refractivity contribution in [2.45, 2.75) is 19.9 Å². The van der Waals surface area contributed by atoms with Crippen LogP contribution in [0.4, 0.5) is 0 Å². The highest BCUT2D eigenvalue weighted by atomic mass is 79.9. The molecule has 0 unspecified atom stereocenters. The first-order valence-corrected chi connectivity index (χ1v) is 8.76. The molecule has 2 heterocycles. The maximum Gasteiger partial charge on any atom is 0.191 e. The molecule has 0 radical (unpaired) electrons. The third-order valence-corrected chi connectivity index (χ3v) is 4.61. The topological polar surface area (TPSA) is 41.4 Å². The van der Waals surface area contributed by atoms with E-state index in [1.165, 1.54) is 8.66 Å². The molecule has 4 nitrogen and oxygen atoms in total. The number of halogens is 1. The lowest BCUT2D eigenvalue weighted by molar-refractivity contribution is 0.666. The van der Waals surface area contributed by atoms with Crippen LogP contribution in [0.1, 0.15) is 11.8 Å². The van der Waals surface area contributed by atoms with E-state index in [2.05, 4.69) is 67.6 Å². The molecule has 0 aromatic carbocycles. The van der Waals surface area contributed by atoms with Crippen LogP contribution in [0.15, 0.2) is 45.4 Å². The van der Waals surface area contributed by atoms with Gasteiger partial charge in [0, 0.05) is 49.9 Å². The zero-order valence-corrected chi connectivity index (χ0v) is 14.6. The summed E-state index contributed by atoms with van der Waals surface area (Å²) < 4.78 is 3.33. The smallest absolute Gasteiger partial charge is 0.191 e. The number of aromatic nitrogens is 1. The molecule has 2 N–H and O–H groups in total. The highest BCUT2D eigenvalue weighted by Crippen LogP contribution is 2.22. The van der Waals surface area contributed by atoms with E-state index in [4.69, 9.17) is 0 Å². The molecule has 2 aromatic rings. The van der Waals surface area contributed by atoms with E-state index in [0.717, 1.165) is 38.6 Å². The Labute approximate surface area is 138 Å². The summed E-state index contributed by atoms with van der Waals surface area (Å²) in [6.07, 6.45) is 5.12. The molecule has 0 aliphatic heterocycles. The highest BCUT2D eigenvalue weighted by molar-refractivity contribution is 9.11. The first-order valence-electron chi connectivity index (χ1n) is 7.15. The third kappa shape index (κ3) is 5.93. The van der Waals surface area contributed by atoms with Crippen molar-refractivity contribution in [1.82, 2.24) is 15.2 Å². The fourth-order valence-electron chi connectivity index (χ4n) is 1.93.